The number of nitrogens with one attached hydrogen (secondary N) is 1. The van der Waals surface area contributed by atoms with Crippen molar-refractivity contribution in [2.75, 3.05) is 6.54 Å². The van der Waals surface area contributed by atoms with Crippen LogP contribution in [0.3, 0.4) is 0 Å². The Morgan fingerprint density at radius 1 is 1.25 bits per heavy atom. The van der Waals surface area contributed by atoms with E-state index < -0.39 is 6.10 Å². The molecule has 1 unspecified atom stereocenters. The van der Waals surface area contributed by atoms with Gasteiger partial charge < -0.3 is 27.2 Å². The Morgan fingerprint density at radius 3 is 2.55 bits per heavy atom. The van der Waals surface area contributed by atoms with E-state index in [0.29, 0.717) is 6.54 Å². The maximum absolute atomic E-state index is 9.47. The first-order valence-electron chi connectivity index (χ1n) is 6.39. The molecule has 3 nitrogen and oxygen atoms in total. The molecule has 1 heterocycles. The Hall–Kier alpha value is -1.55. The highest BCUT2D eigenvalue weighted by molar-refractivity contribution is 5.58. The number of benzene rings is 1. The smallest absolute Gasteiger partial charge is 0.134 e. The normalized spacial score (nSPS) is 11.7. The van der Waals surface area contributed by atoms with Crippen LogP contribution in [0.1, 0.15) is 24.4 Å². The van der Waals surface area contributed by atoms with Crippen LogP contribution in [0, 0.1) is 0 Å². The van der Waals surface area contributed by atoms with Gasteiger partial charge in [-0.3, -0.25) is 0 Å². The molecule has 0 saturated heterocycles. The Bertz CT molecular complexity index is 532. The first-order chi connectivity index (χ1) is 9.20. The van der Waals surface area contributed by atoms with Crippen LogP contribution in [0.5, 0.6) is 0 Å². The first kappa shape index (κ1) is 16.5. The number of aliphatic hydroxyl groups is 1. The van der Waals surface area contributed by atoms with Gasteiger partial charge >= 0.3 is 0 Å². The van der Waals surface area contributed by atoms with E-state index >= 15 is 0 Å². The molecule has 2 aromatic rings. The lowest BCUT2D eigenvalue weighted by molar-refractivity contribution is -0.00000638. The van der Waals surface area contributed by atoms with Gasteiger partial charge in [-0.25, -0.2) is 0 Å². The van der Waals surface area contributed by atoms with E-state index in [4.69, 9.17) is 4.42 Å². The highest BCUT2D eigenvalue weighted by atomic mass is 35.5. The first-order valence-corrected chi connectivity index (χ1v) is 6.39. The Morgan fingerprint density at radius 2 is 1.95 bits per heavy atom. The quantitative estimate of drug-likeness (QED) is 0.594. The molecule has 0 amide bonds. The maximum atomic E-state index is 9.47. The Labute approximate surface area is 125 Å². The highest BCUT2D eigenvalue weighted by Crippen LogP contribution is 2.24. The van der Waals surface area contributed by atoms with E-state index in [9.17, 15) is 5.11 Å². The lowest BCUT2D eigenvalue weighted by Gasteiger charge is -2.05. The molecule has 0 radical (unpaired) electrons. The molecule has 0 spiro atoms. The molecule has 108 valence electrons. The van der Waals surface area contributed by atoms with E-state index in [-0.39, 0.29) is 12.4 Å². The van der Waals surface area contributed by atoms with Gasteiger partial charge in [0.25, 0.3) is 0 Å². The molecule has 0 saturated carbocycles. The van der Waals surface area contributed by atoms with Crippen molar-refractivity contribution in [1.29, 1.82) is 0 Å². The summed E-state index contributed by atoms with van der Waals surface area (Å²) < 4.78 is 5.76. The van der Waals surface area contributed by atoms with Crippen molar-refractivity contribution < 1.29 is 21.9 Å². The fourth-order valence-corrected chi connectivity index (χ4v) is 1.85. The largest absolute Gasteiger partial charge is 1.00 e. The topological polar surface area (TPSA) is 45.4 Å². The summed E-state index contributed by atoms with van der Waals surface area (Å²) in [6, 6.07) is 11.7. The third-order valence-electron chi connectivity index (χ3n) is 2.93. The third-order valence-corrected chi connectivity index (χ3v) is 2.93. The van der Waals surface area contributed by atoms with Crippen LogP contribution in [0.25, 0.3) is 11.3 Å². The SMILES string of the molecule is C=CCNCc1ccc(-c2ccc(C(C)O)cc2)o1.[Cl-]. The zero-order valence-corrected chi connectivity index (χ0v) is 12.2. The summed E-state index contributed by atoms with van der Waals surface area (Å²) in [7, 11) is 0. The molecule has 2 N–H and O–H groups in total. The van der Waals surface area contributed by atoms with E-state index in [1.807, 2.05) is 42.5 Å². The van der Waals surface area contributed by atoms with E-state index in [1.54, 1.807) is 6.92 Å². The second-order valence-electron chi connectivity index (χ2n) is 4.48. The Kier molecular flexibility index (Phi) is 6.52. The standard InChI is InChI=1S/C16H19NO2.ClH/c1-3-10-17-11-15-8-9-16(19-15)14-6-4-13(5-7-14)12(2)18;/h3-9,12,17-18H,1,10-11H2,2H3;1H/p-1. The molecule has 1 atom stereocenters. The molecular formula is C16H19ClNO2-. The van der Waals surface area contributed by atoms with Crippen molar-refractivity contribution in [3.05, 3.63) is 60.4 Å². The molecule has 0 bridgehead atoms. The molecule has 0 aliphatic heterocycles. The average molecular weight is 293 g/mol. The molecule has 4 heteroatoms. The van der Waals surface area contributed by atoms with Crippen molar-refractivity contribution in [3.63, 3.8) is 0 Å². The minimum absolute atomic E-state index is 0. The van der Waals surface area contributed by atoms with Crippen LogP contribution in [0.2, 0.25) is 0 Å². The minimum atomic E-state index is -0.440. The van der Waals surface area contributed by atoms with Crippen molar-refractivity contribution >= 4 is 0 Å². The zero-order chi connectivity index (χ0) is 13.7. The number of aliphatic hydroxyl groups excluding tert-OH is 1. The average Bonchev–Trinajstić information content (AvgIpc) is 2.88. The lowest BCUT2D eigenvalue weighted by Crippen LogP contribution is -3.00. The zero-order valence-electron chi connectivity index (χ0n) is 11.5. The van der Waals surface area contributed by atoms with Gasteiger partial charge in [0, 0.05) is 12.1 Å². The van der Waals surface area contributed by atoms with Crippen molar-refractivity contribution in [2.45, 2.75) is 19.6 Å². The number of halogens is 1. The predicted molar refractivity (Wildman–Crippen MR) is 76.7 cm³/mol. The summed E-state index contributed by atoms with van der Waals surface area (Å²) in [5, 5.41) is 12.7. The van der Waals surface area contributed by atoms with Gasteiger partial charge in [0.05, 0.1) is 12.6 Å². The minimum Gasteiger partial charge on any atom is -1.00 e. The van der Waals surface area contributed by atoms with Gasteiger partial charge in [-0.1, -0.05) is 30.3 Å². The summed E-state index contributed by atoms with van der Waals surface area (Å²) in [4.78, 5) is 0. The third kappa shape index (κ3) is 4.23. The highest BCUT2D eigenvalue weighted by Gasteiger charge is 2.06. The number of rotatable bonds is 6. The molecular weight excluding hydrogens is 274 g/mol. The summed E-state index contributed by atoms with van der Waals surface area (Å²) in [6.45, 7) is 6.86. The van der Waals surface area contributed by atoms with Crippen molar-refractivity contribution in [1.82, 2.24) is 5.32 Å². The van der Waals surface area contributed by atoms with Crippen molar-refractivity contribution in [2.24, 2.45) is 0 Å². The summed E-state index contributed by atoms with van der Waals surface area (Å²) in [5.74, 6) is 1.74. The molecule has 0 fully saturated rings. The van der Waals surface area contributed by atoms with Gasteiger partial charge in [-0.05, 0) is 24.6 Å². The van der Waals surface area contributed by atoms with Crippen LogP contribution >= 0.6 is 0 Å². The Balaban J connectivity index is 0.00000200. The molecule has 1 aromatic heterocycles. The summed E-state index contributed by atoms with van der Waals surface area (Å²) in [5.41, 5.74) is 1.92. The number of hydrogen-bond acceptors (Lipinski definition) is 3. The second-order valence-corrected chi connectivity index (χ2v) is 4.48. The van der Waals surface area contributed by atoms with E-state index in [1.165, 1.54) is 0 Å². The molecule has 20 heavy (non-hydrogen) atoms. The fourth-order valence-electron chi connectivity index (χ4n) is 1.85. The molecule has 0 aliphatic rings. The predicted octanol–water partition coefficient (Wildman–Crippen LogP) is 0.279. The monoisotopic (exact) mass is 292 g/mol. The van der Waals surface area contributed by atoms with Crippen LogP contribution in [0.4, 0.5) is 0 Å². The van der Waals surface area contributed by atoms with E-state index in [0.717, 1.165) is 29.2 Å². The van der Waals surface area contributed by atoms with Crippen LogP contribution in [0.15, 0.2) is 53.5 Å². The van der Waals surface area contributed by atoms with Gasteiger partial charge in [0.15, 0.2) is 0 Å². The maximum Gasteiger partial charge on any atom is 0.134 e. The van der Waals surface area contributed by atoms with Crippen molar-refractivity contribution in [3.8, 4) is 11.3 Å². The molecule has 1 aromatic carbocycles. The fraction of sp³-hybridized carbons (Fsp3) is 0.250. The summed E-state index contributed by atoms with van der Waals surface area (Å²) in [6.07, 6.45) is 1.38. The molecule has 0 aliphatic carbocycles. The van der Waals surface area contributed by atoms with Gasteiger partial charge in [0.2, 0.25) is 0 Å². The van der Waals surface area contributed by atoms with E-state index in [2.05, 4.69) is 11.9 Å². The number of furan rings is 1. The summed E-state index contributed by atoms with van der Waals surface area (Å²) >= 11 is 0. The number of hydrogen-bond donors (Lipinski definition) is 2. The van der Waals surface area contributed by atoms with Gasteiger partial charge in [0.1, 0.15) is 11.5 Å². The van der Waals surface area contributed by atoms with Crippen LogP contribution in [-0.4, -0.2) is 11.7 Å². The lowest BCUT2D eigenvalue weighted by atomic mass is 10.1. The van der Waals surface area contributed by atoms with Crippen LogP contribution in [-0.2, 0) is 6.54 Å². The van der Waals surface area contributed by atoms with Gasteiger partial charge in [-0.15, -0.1) is 6.58 Å². The second kappa shape index (κ2) is 7.90. The van der Waals surface area contributed by atoms with Gasteiger partial charge in [-0.2, -0.15) is 0 Å². The van der Waals surface area contributed by atoms with Crippen LogP contribution < -0.4 is 17.7 Å². The molecule has 2 rings (SSSR count).